The van der Waals surface area contributed by atoms with Gasteiger partial charge in [0.15, 0.2) is 0 Å². The Morgan fingerprint density at radius 2 is 1.85 bits per heavy atom. The van der Waals surface area contributed by atoms with Crippen LogP contribution < -0.4 is 5.32 Å². The van der Waals surface area contributed by atoms with Crippen LogP contribution >= 0.6 is 0 Å². The summed E-state index contributed by atoms with van der Waals surface area (Å²) in [5, 5.41) is 22.0. The van der Waals surface area contributed by atoms with Gasteiger partial charge in [-0.05, 0) is 18.2 Å². The van der Waals surface area contributed by atoms with Gasteiger partial charge in [-0.2, -0.15) is 5.26 Å². The summed E-state index contributed by atoms with van der Waals surface area (Å²) in [6.45, 7) is 0. The molecule has 0 atom stereocenters. The molecule has 20 heavy (non-hydrogen) atoms. The van der Waals surface area contributed by atoms with Crippen molar-refractivity contribution in [1.29, 1.82) is 5.26 Å². The van der Waals surface area contributed by atoms with E-state index in [1.54, 1.807) is 6.07 Å². The first-order valence-corrected chi connectivity index (χ1v) is 5.42. The molecule has 0 unspecified atom stereocenters. The molecule has 0 heterocycles. The molecule has 7 heteroatoms. The number of hydrogen-bond acceptors (Lipinski definition) is 4. The number of para-hydroxylation sites is 1. The highest BCUT2D eigenvalue weighted by molar-refractivity contribution is 5.69. The number of anilines is 2. The SMILES string of the molecule is N#Cc1cc([N+](=O)[O-])ccc1Nc1c(F)cccc1F. The first kappa shape index (κ1) is 13.4. The Morgan fingerprint density at radius 3 is 2.40 bits per heavy atom. The summed E-state index contributed by atoms with van der Waals surface area (Å²) in [6, 6.07) is 8.45. The highest BCUT2D eigenvalue weighted by Crippen LogP contribution is 2.27. The van der Waals surface area contributed by atoms with E-state index in [9.17, 15) is 18.9 Å². The largest absolute Gasteiger partial charge is 0.350 e. The summed E-state index contributed by atoms with van der Waals surface area (Å²) >= 11 is 0. The summed E-state index contributed by atoms with van der Waals surface area (Å²) in [7, 11) is 0. The second-order valence-corrected chi connectivity index (χ2v) is 3.82. The normalized spacial score (nSPS) is 9.85. The molecule has 0 aliphatic rings. The molecule has 2 aromatic carbocycles. The van der Waals surface area contributed by atoms with Crippen LogP contribution in [0, 0.1) is 33.1 Å². The average Bonchev–Trinajstić information content (AvgIpc) is 2.43. The van der Waals surface area contributed by atoms with Crippen LogP contribution in [0.25, 0.3) is 0 Å². The zero-order chi connectivity index (χ0) is 14.7. The van der Waals surface area contributed by atoms with Crippen LogP contribution in [-0.2, 0) is 0 Å². The Kier molecular flexibility index (Phi) is 3.57. The molecule has 0 saturated heterocycles. The minimum Gasteiger partial charge on any atom is -0.350 e. The quantitative estimate of drug-likeness (QED) is 0.687. The van der Waals surface area contributed by atoms with Crippen molar-refractivity contribution in [2.75, 3.05) is 5.32 Å². The minimum atomic E-state index is -0.827. The summed E-state index contributed by atoms with van der Waals surface area (Å²) in [5.74, 6) is -1.65. The molecule has 0 bridgehead atoms. The number of nitriles is 1. The van der Waals surface area contributed by atoms with Gasteiger partial charge in [0.25, 0.3) is 5.69 Å². The van der Waals surface area contributed by atoms with Gasteiger partial charge >= 0.3 is 0 Å². The Balaban J connectivity index is 2.44. The van der Waals surface area contributed by atoms with E-state index in [1.165, 1.54) is 12.1 Å². The third-order valence-corrected chi connectivity index (χ3v) is 2.56. The van der Waals surface area contributed by atoms with Crippen LogP contribution in [0.3, 0.4) is 0 Å². The minimum absolute atomic E-state index is 0.0816. The fraction of sp³-hybridized carbons (Fsp3) is 0. The van der Waals surface area contributed by atoms with Crippen molar-refractivity contribution in [1.82, 2.24) is 0 Å². The van der Waals surface area contributed by atoms with E-state index in [0.29, 0.717) is 0 Å². The highest BCUT2D eigenvalue weighted by atomic mass is 19.1. The predicted molar refractivity (Wildman–Crippen MR) is 67.5 cm³/mol. The molecule has 2 rings (SSSR count). The van der Waals surface area contributed by atoms with E-state index in [1.807, 2.05) is 0 Å². The van der Waals surface area contributed by atoms with E-state index in [2.05, 4.69) is 5.32 Å². The van der Waals surface area contributed by atoms with Crippen molar-refractivity contribution in [3.63, 3.8) is 0 Å². The maximum absolute atomic E-state index is 13.5. The van der Waals surface area contributed by atoms with Gasteiger partial charge in [-0.3, -0.25) is 10.1 Å². The van der Waals surface area contributed by atoms with Gasteiger partial charge in [-0.15, -0.1) is 0 Å². The van der Waals surface area contributed by atoms with Crippen molar-refractivity contribution in [2.24, 2.45) is 0 Å². The lowest BCUT2D eigenvalue weighted by Crippen LogP contribution is -2.00. The van der Waals surface area contributed by atoms with Crippen molar-refractivity contribution in [3.05, 3.63) is 63.7 Å². The van der Waals surface area contributed by atoms with E-state index in [4.69, 9.17) is 5.26 Å². The Labute approximate surface area is 112 Å². The maximum Gasteiger partial charge on any atom is 0.270 e. The van der Waals surface area contributed by atoms with Crippen LogP contribution in [0.5, 0.6) is 0 Å². The lowest BCUT2D eigenvalue weighted by atomic mass is 10.1. The lowest BCUT2D eigenvalue weighted by Gasteiger charge is -2.09. The van der Waals surface area contributed by atoms with Crippen LogP contribution in [0.1, 0.15) is 5.56 Å². The molecular formula is C13H7F2N3O2. The zero-order valence-electron chi connectivity index (χ0n) is 9.93. The van der Waals surface area contributed by atoms with E-state index < -0.39 is 22.2 Å². The summed E-state index contributed by atoms with van der Waals surface area (Å²) < 4.78 is 27.0. The lowest BCUT2D eigenvalue weighted by molar-refractivity contribution is -0.384. The predicted octanol–water partition coefficient (Wildman–Crippen LogP) is 3.49. The molecule has 0 aromatic heterocycles. The number of nitrogens with zero attached hydrogens (tertiary/aromatic N) is 2. The fourth-order valence-corrected chi connectivity index (χ4v) is 1.60. The number of hydrogen-bond donors (Lipinski definition) is 1. The van der Waals surface area contributed by atoms with E-state index >= 15 is 0 Å². The molecular weight excluding hydrogens is 268 g/mol. The Hall–Kier alpha value is -3.01. The van der Waals surface area contributed by atoms with E-state index in [0.717, 1.165) is 24.3 Å². The van der Waals surface area contributed by atoms with Gasteiger partial charge in [0.05, 0.1) is 16.2 Å². The molecule has 100 valence electrons. The van der Waals surface area contributed by atoms with Gasteiger partial charge in [-0.1, -0.05) is 6.07 Å². The molecule has 0 saturated carbocycles. The number of nitro groups is 1. The standard InChI is InChI=1S/C13H7F2N3O2/c14-10-2-1-3-11(15)13(10)17-12-5-4-9(18(19)20)6-8(12)7-16/h1-6,17H. The zero-order valence-corrected chi connectivity index (χ0v) is 9.93. The van der Waals surface area contributed by atoms with Crippen molar-refractivity contribution in [2.45, 2.75) is 0 Å². The van der Waals surface area contributed by atoms with Crippen LogP contribution in [0.2, 0.25) is 0 Å². The van der Waals surface area contributed by atoms with Crippen LogP contribution in [0.15, 0.2) is 36.4 Å². The van der Waals surface area contributed by atoms with Gasteiger partial charge in [0, 0.05) is 12.1 Å². The smallest absolute Gasteiger partial charge is 0.270 e. The third-order valence-electron chi connectivity index (χ3n) is 2.56. The molecule has 0 aliphatic heterocycles. The van der Waals surface area contributed by atoms with Gasteiger partial charge in [-0.25, -0.2) is 8.78 Å². The molecule has 5 nitrogen and oxygen atoms in total. The monoisotopic (exact) mass is 275 g/mol. The van der Waals surface area contributed by atoms with Gasteiger partial charge in [0.2, 0.25) is 0 Å². The first-order valence-electron chi connectivity index (χ1n) is 5.42. The second kappa shape index (κ2) is 5.32. The van der Waals surface area contributed by atoms with Gasteiger partial charge < -0.3 is 5.32 Å². The molecule has 2 aromatic rings. The number of nitrogens with one attached hydrogen (secondary N) is 1. The van der Waals surface area contributed by atoms with Crippen molar-refractivity contribution < 1.29 is 13.7 Å². The topological polar surface area (TPSA) is 79.0 Å². The molecule has 0 spiro atoms. The second-order valence-electron chi connectivity index (χ2n) is 3.82. The molecule has 0 amide bonds. The summed E-state index contributed by atoms with van der Waals surface area (Å²) in [6.07, 6.45) is 0. The number of rotatable bonds is 3. The molecule has 0 aliphatic carbocycles. The molecule has 0 fully saturated rings. The van der Waals surface area contributed by atoms with E-state index in [-0.39, 0.29) is 16.9 Å². The number of halogens is 2. The van der Waals surface area contributed by atoms with Crippen LogP contribution in [-0.4, -0.2) is 4.92 Å². The number of nitro benzene ring substituents is 1. The van der Waals surface area contributed by atoms with Crippen LogP contribution in [0.4, 0.5) is 25.8 Å². The van der Waals surface area contributed by atoms with Gasteiger partial charge in [0.1, 0.15) is 23.4 Å². The summed E-state index contributed by atoms with van der Waals surface area (Å²) in [5.41, 5.74) is -0.692. The highest BCUT2D eigenvalue weighted by Gasteiger charge is 2.14. The maximum atomic E-state index is 13.5. The number of benzene rings is 2. The average molecular weight is 275 g/mol. The van der Waals surface area contributed by atoms with Crippen molar-refractivity contribution >= 4 is 17.1 Å². The molecule has 1 N–H and O–H groups in total. The molecule has 0 radical (unpaired) electrons. The first-order chi connectivity index (χ1) is 9.52. The van der Waals surface area contributed by atoms with Crippen molar-refractivity contribution in [3.8, 4) is 6.07 Å². The Bertz CT molecular complexity index is 706. The fourth-order valence-electron chi connectivity index (χ4n) is 1.60. The third kappa shape index (κ3) is 2.54. The summed E-state index contributed by atoms with van der Waals surface area (Å²) in [4.78, 5) is 9.94. The Morgan fingerprint density at radius 1 is 1.20 bits per heavy atom. The number of non-ortho nitro benzene ring substituents is 1.